The molecule has 2 aromatic rings. The third-order valence-electron chi connectivity index (χ3n) is 6.24. The van der Waals surface area contributed by atoms with Gasteiger partial charge in [-0.3, -0.25) is 0 Å². The Balaban J connectivity index is 0.000000611. The number of carbonyl (C=O) groups is 2. The maximum absolute atomic E-state index is 13.2. The lowest BCUT2D eigenvalue weighted by molar-refractivity contribution is -0.134. The van der Waals surface area contributed by atoms with Crippen molar-refractivity contribution in [1.82, 2.24) is 9.80 Å². The molecule has 1 saturated heterocycles. The summed E-state index contributed by atoms with van der Waals surface area (Å²) in [5.41, 5.74) is 2.24. The van der Waals surface area contributed by atoms with E-state index in [1.54, 1.807) is 11.8 Å². The molecule has 2 aromatic carbocycles. The number of ether oxygens (including phenoxy) is 1. The van der Waals surface area contributed by atoms with Gasteiger partial charge in [-0.25, -0.2) is 23.4 Å². The molecule has 0 saturated carbocycles. The van der Waals surface area contributed by atoms with Gasteiger partial charge in [0, 0.05) is 44.4 Å². The zero-order chi connectivity index (χ0) is 29.5. The fraction of sp³-hybridized carbons (Fsp3) is 0.414. The minimum Gasteiger partial charge on any atom is -0.493 e. The van der Waals surface area contributed by atoms with Crippen LogP contribution in [-0.2, 0) is 9.59 Å². The van der Waals surface area contributed by atoms with Crippen LogP contribution in [0.4, 0.5) is 14.5 Å². The zero-order valence-corrected chi connectivity index (χ0v) is 23.9. The third-order valence-corrected chi connectivity index (χ3v) is 6.99. The fourth-order valence-corrected chi connectivity index (χ4v) is 4.66. The number of unbranched alkanes of at least 4 members (excludes halogenated alkanes) is 1. The summed E-state index contributed by atoms with van der Waals surface area (Å²) in [5, 5.41) is 16.7. The quantitative estimate of drug-likeness (QED) is 0.163. The number of likely N-dealkylation sites (tertiary alicyclic amines) is 1. The van der Waals surface area contributed by atoms with Crippen molar-refractivity contribution < 1.29 is 33.3 Å². The number of thioether (sulfide) groups is 1. The number of nitrogens with zero attached hydrogens (tertiary/aromatic N) is 3. The monoisotopic (exact) mass is 577 g/mol. The Hall–Kier alpha value is -3.44. The summed E-state index contributed by atoms with van der Waals surface area (Å²) in [5.74, 6) is -3.86. The summed E-state index contributed by atoms with van der Waals surface area (Å²) in [6.45, 7) is 5.78. The van der Waals surface area contributed by atoms with Crippen LogP contribution in [0, 0.1) is 18.6 Å². The average Bonchev–Trinajstić information content (AvgIpc) is 2.93. The van der Waals surface area contributed by atoms with E-state index in [-0.39, 0.29) is 0 Å². The maximum Gasteiger partial charge on any atom is 0.328 e. The van der Waals surface area contributed by atoms with Crippen LogP contribution in [0.25, 0.3) is 0 Å². The number of carboxylic acids is 2. The van der Waals surface area contributed by atoms with E-state index in [1.807, 2.05) is 0 Å². The van der Waals surface area contributed by atoms with Gasteiger partial charge in [0.25, 0.3) is 0 Å². The molecule has 11 heteroatoms. The molecule has 0 atom stereocenters. The van der Waals surface area contributed by atoms with Gasteiger partial charge in [0.1, 0.15) is 5.75 Å². The van der Waals surface area contributed by atoms with E-state index >= 15 is 0 Å². The van der Waals surface area contributed by atoms with Crippen LogP contribution in [0.1, 0.15) is 31.2 Å². The van der Waals surface area contributed by atoms with E-state index in [4.69, 9.17) is 19.9 Å². The summed E-state index contributed by atoms with van der Waals surface area (Å²) in [4.78, 5) is 28.8. The highest BCUT2D eigenvalue weighted by Crippen LogP contribution is 2.22. The van der Waals surface area contributed by atoms with Crippen molar-refractivity contribution in [1.29, 1.82) is 0 Å². The molecular formula is C29H37F2N3O5S. The normalized spacial score (nSPS) is 14.5. The van der Waals surface area contributed by atoms with E-state index in [1.165, 1.54) is 11.6 Å². The SMILES string of the molecule is CSC(=Nc1ccc(C)cc1)N(C)C1CCN(CCCCOc2ccc(F)c(F)c2)CC1.O=C(O)/C=C/C(=O)O. The molecule has 218 valence electrons. The number of benzene rings is 2. The summed E-state index contributed by atoms with van der Waals surface area (Å²) in [6.07, 6.45) is 7.35. The third kappa shape index (κ3) is 12.2. The number of aliphatic carboxylic acids is 2. The van der Waals surface area contributed by atoms with E-state index in [0.29, 0.717) is 30.6 Å². The molecule has 40 heavy (non-hydrogen) atoms. The van der Waals surface area contributed by atoms with Crippen molar-refractivity contribution in [2.75, 3.05) is 39.5 Å². The molecule has 0 aliphatic carbocycles. The Morgan fingerprint density at radius 1 is 1.05 bits per heavy atom. The Kier molecular flexibility index (Phi) is 14.2. The largest absolute Gasteiger partial charge is 0.493 e. The van der Waals surface area contributed by atoms with Crippen molar-refractivity contribution in [2.24, 2.45) is 4.99 Å². The molecule has 1 aliphatic heterocycles. The van der Waals surface area contributed by atoms with Crippen molar-refractivity contribution in [3.63, 3.8) is 0 Å². The highest BCUT2D eigenvalue weighted by Gasteiger charge is 2.24. The number of amidine groups is 1. The molecule has 1 aliphatic rings. The number of hydrogen-bond donors (Lipinski definition) is 2. The highest BCUT2D eigenvalue weighted by atomic mass is 32.2. The van der Waals surface area contributed by atoms with Gasteiger partial charge in [-0.2, -0.15) is 0 Å². The van der Waals surface area contributed by atoms with Gasteiger partial charge >= 0.3 is 11.9 Å². The average molecular weight is 578 g/mol. The molecule has 2 N–H and O–H groups in total. The molecule has 8 nitrogen and oxygen atoms in total. The predicted molar refractivity (Wildman–Crippen MR) is 155 cm³/mol. The van der Waals surface area contributed by atoms with Crippen molar-refractivity contribution >= 4 is 34.6 Å². The molecule has 0 aromatic heterocycles. The first-order valence-corrected chi connectivity index (χ1v) is 14.2. The van der Waals surface area contributed by atoms with Gasteiger partial charge < -0.3 is 24.7 Å². The second-order valence-electron chi connectivity index (χ2n) is 9.26. The van der Waals surface area contributed by atoms with Gasteiger partial charge in [-0.1, -0.05) is 29.5 Å². The molecule has 1 fully saturated rings. The summed E-state index contributed by atoms with van der Waals surface area (Å²) in [6, 6.07) is 12.5. The van der Waals surface area contributed by atoms with E-state index in [2.05, 4.69) is 54.3 Å². The van der Waals surface area contributed by atoms with Crippen molar-refractivity contribution in [2.45, 2.75) is 38.6 Å². The van der Waals surface area contributed by atoms with Crippen LogP contribution < -0.4 is 4.74 Å². The van der Waals surface area contributed by atoms with E-state index in [0.717, 1.165) is 68.3 Å². The second-order valence-corrected chi connectivity index (χ2v) is 10.0. The number of piperidine rings is 1. The zero-order valence-electron chi connectivity index (χ0n) is 23.1. The number of rotatable bonds is 10. The Bertz CT molecular complexity index is 1140. The van der Waals surface area contributed by atoms with Gasteiger partial charge in [0.05, 0.1) is 12.3 Å². The smallest absolute Gasteiger partial charge is 0.328 e. The summed E-state index contributed by atoms with van der Waals surface area (Å²) >= 11 is 1.69. The lowest BCUT2D eigenvalue weighted by atomic mass is 10.0. The van der Waals surface area contributed by atoms with Crippen LogP contribution >= 0.6 is 11.8 Å². The van der Waals surface area contributed by atoms with Gasteiger partial charge in [-0.05, 0) is 69.7 Å². The molecular weight excluding hydrogens is 540 g/mol. The van der Waals surface area contributed by atoms with Crippen LogP contribution in [-0.4, -0.2) is 82.7 Å². The number of aliphatic imine (C=N–C) groups is 1. The first-order valence-electron chi connectivity index (χ1n) is 13.0. The fourth-order valence-electron chi connectivity index (χ4n) is 4.02. The lowest BCUT2D eigenvalue weighted by Gasteiger charge is -2.37. The molecule has 0 amide bonds. The van der Waals surface area contributed by atoms with E-state index in [9.17, 15) is 18.4 Å². The molecule has 3 rings (SSSR count). The van der Waals surface area contributed by atoms with Crippen LogP contribution in [0.3, 0.4) is 0 Å². The van der Waals surface area contributed by atoms with E-state index < -0.39 is 23.6 Å². The number of hydrogen-bond acceptors (Lipinski definition) is 6. The Morgan fingerprint density at radius 2 is 1.68 bits per heavy atom. The van der Waals surface area contributed by atoms with Crippen molar-refractivity contribution in [3.05, 3.63) is 71.8 Å². The predicted octanol–water partition coefficient (Wildman–Crippen LogP) is 5.59. The minimum absolute atomic E-state index is 0.379. The van der Waals surface area contributed by atoms with Crippen LogP contribution in [0.2, 0.25) is 0 Å². The molecule has 0 unspecified atom stereocenters. The van der Waals surface area contributed by atoms with Gasteiger partial charge in [0.15, 0.2) is 16.8 Å². The van der Waals surface area contributed by atoms with Crippen LogP contribution in [0.5, 0.6) is 5.75 Å². The van der Waals surface area contributed by atoms with Crippen molar-refractivity contribution in [3.8, 4) is 5.75 Å². The molecule has 0 bridgehead atoms. The molecule has 0 spiro atoms. The molecule has 0 radical (unpaired) electrons. The lowest BCUT2D eigenvalue weighted by Crippen LogP contribution is -2.45. The first-order chi connectivity index (χ1) is 19.1. The number of halogens is 2. The van der Waals surface area contributed by atoms with Gasteiger partial charge in [0.2, 0.25) is 0 Å². The standard InChI is InChI=1S/C25H33F2N3OS.C4H4O4/c1-19-6-8-20(9-7-19)28-25(32-3)29(2)21-12-15-30(16-13-21)14-4-5-17-31-22-10-11-23(26)24(27)18-22;5-3(6)1-2-4(7)8/h6-11,18,21H,4-5,12-17H2,1-3H3;1-2H,(H,5,6)(H,7,8)/b;2-1+. The van der Waals surface area contributed by atoms with Crippen LogP contribution in [0.15, 0.2) is 59.6 Å². The Morgan fingerprint density at radius 3 is 2.23 bits per heavy atom. The second kappa shape index (κ2) is 17.3. The maximum atomic E-state index is 13.2. The summed E-state index contributed by atoms with van der Waals surface area (Å²) in [7, 11) is 2.15. The Labute approximate surface area is 238 Å². The summed E-state index contributed by atoms with van der Waals surface area (Å²) < 4.78 is 31.7. The number of aryl methyl sites for hydroxylation is 1. The first kappa shape index (κ1) is 32.8. The number of carboxylic acid groups (broad SMARTS) is 2. The van der Waals surface area contributed by atoms with Gasteiger partial charge in [-0.15, -0.1) is 0 Å². The highest BCUT2D eigenvalue weighted by molar-refractivity contribution is 8.13. The minimum atomic E-state index is -1.26. The topological polar surface area (TPSA) is 103 Å². The molecule has 1 heterocycles.